The van der Waals surface area contributed by atoms with E-state index in [-0.39, 0.29) is 23.6 Å². The maximum atomic E-state index is 12.9. The summed E-state index contributed by atoms with van der Waals surface area (Å²) in [6.45, 7) is 6.39. The molecule has 0 fully saturated rings. The molecule has 0 bridgehead atoms. The van der Waals surface area contributed by atoms with E-state index >= 15 is 0 Å². The van der Waals surface area contributed by atoms with Crippen molar-refractivity contribution in [1.82, 2.24) is 0 Å². The lowest BCUT2D eigenvalue weighted by atomic mass is 10.0. The summed E-state index contributed by atoms with van der Waals surface area (Å²) in [7, 11) is 0. The van der Waals surface area contributed by atoms with Crippen LogP contribution in [-0.2, 0) is 19.1 Å². The van der Waals surface area contributed by atoms with Crippen molar-refractivity contribution < 1.29 is 28.7 Å². The normalized spacial score (nSPS) is 11.3. The molecule has 182 valence electrons. The van der Waals surface area contributed by atoms with Crippen molar-refractivity contribution in [2.45, 2.75) is 33.8 Å². The molecule has 2 N–H and O–H groups in total. The van der Waals surface area contributed by atoms with Crippen LogP contribution in [0.5, 0.6) is 0 Å². The van der Waals surface area contributed by atoms with Crippen LogP contribution in [0.2, 0.25) is 0 Å². The minimum absolute atomic E-state index is 0.134. The molecule has 1 atom stereocenters. The van der Waals surface area contributed by atoms with Gasteiger partial charge in [-0.2, -0.15) is 0 Å². The number of ether oxygens (including phenoxy) is 2. The topological polar surface area (TPSA) is 111 Å². The Labute approximate surface area is 207 Å². The Morgan fingerprint density at radius 2 is 1.69 bits per heavy atom. The Hall–Kier alpha value is -3.98. The van der Waals surface area contributed by atoms with Gasteiger partial charge >= 0.3 is 11.9 Å². The summed E-state index contributed by atoms with van der Waals surface area (Å²) >= 11 is 1.18. The monoisotopic (exact) mass is 494 g/mol. The van der Waals surface area contributed by atoms with Gasteiger partial charge in [-0.15, -0.1) is 11.3 Å². The van der Waals surface area contributed by atoms with Crippen LogP contribution in [0.15, 0.2) is 53.9 Å². The molecule has 1 unspecified atom stereocenters. The quantitative estimate of drug-likeness (QED) is 0.424. The van der Waals surface area contributed by atoms with Gasteiger partial charge < -0.3 is 20.1 Å². The fraction of sp³-hybridized carbons (Fsp3) is 0.231. The minimum atomic E-state index is -1.18. The molecule has 8 nitrogen and oxygen atoms in total. The molecular formula is C26H26N2O6S. The van der Waals surface area contributed by atoms with E-state index in [1.165, 1.54) is 31.3 Å². The third-order valence-electron chi connectivity index (χ3n) is 5.04. The van der Waals surface area contributed by atoms with Gasteiger partial charge in [-0.05, 0) is 38.0 Å². The number of carbonyl (C=O) groups excluding carboxylic acids is 4. The predicted octanol–water partition coefficient (Wildman–Crippen LogP) is 5.04. The third kappa shape index (κ3) is 6.13. The Bertz CT molecular complexity index is 1250. The second kappa shape index (κ2) is 11.4. The summed E-state index contributed by atoms with van der Waals surface area (Å²) in [6.07, 6.45) is -1.18. The Morgan fingerprint density at radius 3 is 2.34 bits per heavy atom. The molecule has 0 aliphatic heterocycles. The molecule has 0 saturated carbocycles. The third-order valence-corrected chi connectivity index (χ3v) is 5.93. The average molecular weight is 495 g/mol. The Morgan fingerprint density at radius 1 is 0.971 bits per heavy atom. The zero-order chi connectivity index (χ0) is 25.5. The van der Waals surface area contributed by atoms with Crippen LogP contribution in [-0.4, -0.2) is 36.5 Å². The number of rotatable bonds is 8. The molecule has 9 heteroatoms. The van der Waals surface area contributed by atoms with Crippen LogP contribution in [0, 0.1) is 6.92 Å². The molecule has 2 aromatic carbocycles. The minimum Gasteiger partial charge on any atom is -0.462 e. The molecule has 35 heavy (non-hydrogen) atoms. The number of aryl methyl sites for hydroxylation is 1. The molecule has 1 aromatic heterocycles. The van der Waals surface area contributed by atoms with E-state index in [0.717, 1.165) is 5.56 Å². The number of thiophene rings is 1. The number of para-hydroxylation sites is 1. The summed E-state index contributed by atoms with van der Waals surface area (Å²) in [5.41, 5.74) is 2.81. The van der Waals surface area contributed by atoms with E-state index in [9.17, 15) is 19.2 Å². The summed E-state index contributed by atoms with van der Waals surface area (Å²) < 4.78 is 10.6. The van der Waals surface area contributed by atoms with Crippen LogP contribution in [0.1, 0.15) is 47.1 Å². The van der Waals surface area contributed by atoms with Crippen molar-refractivity contribution in [3.8, 4) is 11.1 Å². The van der Waals surface area contributed by atoms with Crippen molar-refractivity contribution in [3.63, 3.8) is 0 Å². The average Bonchev–Trinajstić information content (AvgIpc) is 3.24. The summed E-state index contributed by atoms with van der Waals surface area (Å²) in [5, 5.41) is 7.37. The van der Waals surface area contributed by atoms with E-state index in [0.29, 0.717) is 21.8 Å². The van der Waals surface area contributed by atoms with E-state index in [1.807, 2.05) is 30.3 Å². The number of carbonyl (C=O) groups is 4. The predicted molar refractivity (Wildman–Crippen MR) is 135 cm³/mol. The fourth-order valence-corrected chi connectivity index (χ4v) is 4.32. The van der Waals surface area contributed by atoms with Crippen molar-refractivity contribution in [2.24, 2.45) is 0 Å². The first-order valence-corrected chi connectivity index (χ1v) is 11.8. The molecule has 0 aliphatic carbocycles. The van der Waals surface area contributed by atoms with Crippen molar-refractivity contribution in [3.05, 3.63) is 70.6 Å². The van der Waals surface area contributed by atoms with E-state index in [4.69, 9.17) is 9.47 Å². The van der Waals surface area contributed by atoms with Gasteiger partial charge in [-0.3, -0.25) is 9.59 Å². The smallest absolute Gasteiger partial charge is 0.341 e. The zero-order valence-corrected chi connectivity index (χ0v) is 20.7. The van der Waals surface area contributed by atoms with Gasteiger partial charge in [0.05, 0.1) is 17.9 Å². The highest BCUT2D eigenvalue weighted by molar-refractivity contribution is 7.15. The summed E-state index contributed by atoms with van der Waals surface area (Å²) in [6, 6.07) is 14.2. The van der Waals surface area contributed by atoms with Crippen LogP contribution in [0.25, 0.3) is 11.1 Å². The number of hydrogen-bond acceptors (Lipinski definition) is 7. The second-order valence-electron chi connectivity index (χ2n) is 7.66. The highest BCUT2D eigenvalue weighted by Gasteiger charge is 2.26. The Kier molecular flexibility index (Phi) is 8.38. The fourth-order valence-electron chi connectivity index (χ4n) is 3.36. The van der Waals surface area contributed by atoms with Crippen LogP contribution in [0.4, 0.5) is 10.7 Å². The van der Waals surface area contributed by atoms with Crippen LogP contribution in [0.3, 0.4) is 0 Å². The molecule has 0 radical (unpaired) electrons. The SMILES string of the molecule is CCOC(=O)c1c(-c2ccccc2)csc1NC(=O)C(C)OC(=O)c1cccc(C)c1NC(C)=O. The second-order valence-corrected chi connectivity index (χ2v) is 8.54. The molecule has 0 saturated heterocycles. The van der Waals surface area contributed by atoms with Crippen molar-refractivity contribution in [2.75, 3.05) is 17.2 Å². The number of esters is 2. The summed E-state index contributed by atoms with van der Waals surface area (Å²) in [4.78, 5) is 49.9. The van der Waals surface area contributed by atoms with Gasteiger partial charge in [0.25, 0.3) is 5.91 Å². The molecule has 3 aromatic rings. The lowest BCUT2D eigenvalue weighted by molar-refractivity contribution is -0.123. The first kappa shape index (κ1) is 25.6. The van der Waals surface area contributed by atoms with Crippen molar-refractivity contribution >= 4 is 45.8 Å². The van der Waals surface area contributed by atoms with Crippen molar-refractivity contribution in [1.29, 1.82) is 0 Å². The maximum Gasteiger partial charge on any atom is 0.341 e. The van der Waals surface area contributed by atoms with Crippen LogP contribution < -0.4 is 10.6 Å². The number of hydrogen-bond donors (Lipinski definition) is 2. The lowest BCUT2D eigenvalue weighted by Crippen LogP contribution is -2.30. The van der Waals surface area contributed by atoms with Crippen LogP contribution >= 0.6 is 11.3 Å². The summed E-state index contributed by atoms with van der Waals surface area (Å²) in [5.74, 6) is -2.27. The lowest BCUT2D eigenvalue weighted by Gasteiger charge is -2.16. The number of benzene rings is 2. The van der Waals surface area contributed by atoms with Gasteiger partial charge in [-0.25, -0.2) is 9.59 Å². The molecule has 0 spiro atoms. The molecule has 1 heterocycles. The van der Waals surface area contributed by atoms with Gasteiger partial charge in [-0.1, -0.05) is 42.5 Å². The van der Waals surface area contributed by atoms with Gasteiger partial charge in [0.2, 0.25) is 5.91 Å². The molecular weight excluding hydrogens is 468 g/mol. The maximum absolute atomic E-state index is 12.9. The highest BCUT2D eigenvalue weighted by Crippen LogP contribution is 2.36. The zero-order valence-electron chi connectivity index (χ0n) is 19.8. The number of amides is 2. The first-order valence-electron chi connectivity index (χ1n) is 11.0. The van der Waals surface area contributed by atoms with E-state index in [1.54, 1.807) is 31.4 Å². The first-order chi connectivity index (χ1) is 16.7. The number of nitrogens with one attached hydrogen (secondary N) is 2. The Balaban J connectivity index is 1.81. The molecule has 0 aliphatic rings. The van der Waals surface area contributed by atoms with Gasteiger partial charge in [0, 0.05) is 17.9 Å². The number of anilines is 2. The highest BCUT2D eigenvalue weighted by atomic mass is 32.1. The van der Waals surface area contributed by atoms with E-state index in [2.05, 4.69) is 10.6 Å². The largest absolute Gasteiger partial charge is 0.462 e. The van der Waals surface area contributed by atoms with Gasteiger partial charge in [0.1, 0.15) is 10.6 Å². The molecule has 3 rings (SSSR count). The standard InChI is InChI=1S/C26H26N2O6S/c1-5-33-26(32)21-20(18-11-7-6-8-12-18)14-35-24(21)28-23(30)16(3)34-25(31)19-13-9-10-15(2)22(19)27-17(4)29/h6-14,16H,5H2,1-4H3,(H,27,29)(H,28,30). The van der Waals surface area contributed by atoms with E-state index < -0.39 is 23.9 Å². The van der Waals surface area contributed by atoms with Gasteiger partial charge in [0.15, 0.2) is 6.10 Å². The molecule has 2 amide bonds.